The predicted octanol–water partition coefficient (Wildman–Crippen LogP) is 2.50. The highest BCUT2D eigenvalue weighted by molar-refractivity contribution is 5.95. The number of oxazole rings is 1. The molecule has 1 unspecified atom stereocenters. The summed E-state index contributed by atoms with van der Waals surface area (Å²) in [4.78, 5) is 44.5. The van der Waals surface area contributed by atoms with Crippen LogP contribution in [0.5, 0.6) is 0 Å². The summed E-state index contributed by atoms with van der Waals surface area (Å²) in [6.07, 6.45) is 9.41. The maximum Gasteiger partial charge on any atom is 0.329 e. The topological polar surface area (TPSA) is 142 Å². The monoisotopic (exact) mass is 529 g/mol. The number of allylic oxidation sites excluding steroid dienone is 2. The maximum absolute atomic E-state index is 13.3. The van der Waals surface area contributed by atoms with Crippen LogP contribution < -0.4 is 5.32 Å². The smallest absolute Gasteiger partial charge is 0.329 e. The zero-order valence-corrected chi connectivity index (χ0v) is 22.5. The van der Waals surface area contributed by atoms with Crippen molar-refractivity contribution in [2.75, 3.05) is 19.7 Å². The lowest BCUT2D eigenvalue weighted by Crippen LogP contribution is -2.44. The summed E-state index contributed by atoms with van der Waals surface area (Å²) < 4.78 is 11.4. The number of esters is 1. The molecule has 38 heavy (non-hydrogen) atoms. The molecule has 1 aromatic heterocycles. The number of carbonyl (C=O) groups is 3. The molecule has 0 radical (unpaired) electrons. The molecule has 2 bridgehead atoms. The molecule has 3 N–H and O–H groups in total. The summed E-state index contributed by atoms with van der Waals surface area (Å²) in [5.41, 5.74) is 0.812. The molecule has 3 rings (SSSR count). The molecule has 2 aliphatic rings. The van der Waals surface area contributed by atoms with E-state index >= 15 is 0 Å². The molecule has 10 nitrogen and oxygen atoms in total. The molecule has 2 aliphatic heterocycles. The van der Waals surface area contributed by atoms with E-state index in [1.165, 1.54) is 17.2 Å². The molecule has 10 heteroatoms. The minimum absolute atomic E-state index is 0.0145. The Morgan fingerprint density at radius 3 is 2.71 bits per heavy atom. The number of ether oxygens (including phenoxy) is 1. The van der Waals surface area contributed by atoms with Gasteiger partial charge in [-0.2, -0.15) is 0 Å². The highest BCUT2D eigenvalue weighted by Gasteiger charge is 2.39. The number of amides is 2. The molecule has 3 heterocycles. The van der Waals surface area contributed by atoms with Gasteiger partial charge in [-0.3, -0.25) is 9.59 Å². The van der Waals surface area contributed by atoms with Crippen molar-refractivity contribution in [3.63, 3.8) is 0 Å². The number of rotatable bonds is 2. The molecule has 1 saturated heterocycles. The van der Waals surface area contributed by atoms with E-state index in [1.807, 2.05) is 27.7 Å². The molecule has 0 saturated carbocycles. The molecule has 1 fully saturated rings. The van der Waals surface area contributed by atoms with Crippen molar-refractivity contribution in [3.05, 3.63) is 53.8 Å². The Labute approximate surface area is 223 Å². The first kappa shape index (κ1) is 29.3. The van der Waals surface area contributed by atoms with Gasteiger partial charge in [-0.25, -0.2) is 9.78 Å². The van der Waals surface area contributed by atoms with Gasteiger partial charge < -0.3 is 29.6 Å². The first-order chi connectivity index (χ1) is 18.1. The van der Waals surface area contributed by atoms with E-state index in [9.17, 15) is 24.6 Å². The van der Waals surface area contributed by atoms with E-state index in [2.05, 4.69) is 10.3 Å². The van der Waals surface area contributed by atoms with Crippen LogP contribution in [0.3, 0.4) is 0 Å². The molecule has 5 atom stereocenters. The number of aliphatic hydroxyl groups is 2. The summed E-state index contributed by atoms with van der Waals surface area (Å²) in [5.74, 6) is -1.96. The van der Waals surface area contributed by atoms with Gasteiger partial charge in [0.05, 0.1) is 18.6 Å². The minimum Gasteiger partial charge on any atom is -0.460 e. The molecule has 0 aromatic carbocycles. The second-order valence-corrected chi connectivity index (χ2v) is 10.3. The quantitative estimate of drug-likeness (QED) is 0.496. The average Bonchev–Trinajstić information content (AvgIpc) is 3.56. The largest absolute Gasteiger partial charge is 0.460 e. The van der Waals surface area contributed by atoms with E-state index in [-0.39, 0.29) is 42.4 Å². The Balaban J connectivity index is 1.90. The van der Waals surface area contributed by atoms with Gasteiger partial charge in [-0.15, -0.1) is 0 Å². The van der Waals surface area contributed by atoms with Crippen molar-refractivity contribution >= 4 is 17.8 Å². The third-order valence-electron chi connectivity index (χ3n) is 6.83. The summed E-state index contributed by atoms with van der Waals surface area (Å²) in [6, 6.07) is -0.753. The summed E-state index contributed by atoms with van der Waals surface area (Å²) in [6.45, 7) is 7.92. The summed E-state index contributed by atoms with van der Waals surface area (Å²) in [7, 11) is 0. The standard InChI is InChI=1S/C28H39N3O7/c1-17(2)25-19(4)9-10-24(34)29-11-5-7-18(3)13-21(33)14-20(15-32)26-30-22(16-37-26)27(35)31-12-6-8-23(31)28(36)38-25/h5,7,9-10,13,16-17,19-21,23,25,32-33H,6,8,11-12,14-15H2,1-4H3,(H,29,34)/b7-5-,10-9-,18-13-/t19-,20?,21-,23-,25-/m1/s1. The van der Waals surface area contributed by atoms with E-state index < -0.39 is 36.0 Å². The van der Waals surface area contributed by atoms with Crippen LogP contribution in [-0.2, 0) is 14.3 Å². The van der Waals surface area contributed by atoms with Gasteiger partial charge in [-0.1, -0.05) is 50.6 Å². The van der Waals surface area contributed by atoms with Crippen LogP contribution in [0.15, 0.2) is 46.6 Å². The molecular weight excluding hydrogens is 490 g/mol. The van der Waals surface area contributed by atoms with Crippen LogP contribution in [0.4, 0.5) is 0 Å². The molecular formula is C28H39N3O7. The summed E-state index contributed by atoms with van der Waals surface area (Å²) in [5, 5.41) is 23.2. The number of nitrogens with zero attached hydrogens (tertiary/aromatic N) is 2. The van der Waals surface area contributed by atoms with Gasteiger partial charge in [0.2, 0.25) is 5.91 Å². The van der Waals surface area contributed by atoms with Crippen molar-refractivity contribution in [3.8, 4) is 0 Å². The lowest BCUT2D eigenvalue weighted by atomic mass is 9.94. The van der Waals surface area contributed by atoms with Gasteiger partial charge in [0.25, 0.3) is 5.91 Å². The van der Waals surface area contributed by atoms with Crippen molar-refractivity contribution in [2.24, 2.45) is 11.8 Å². The highest BCUT2D eigenvalue weighted by Crippen LogP contribution is 2.27. The zero-order valence-electron chi connectivity index (χ0n) is 22.5. The van der Waals surface area contributed by atoms with Crippen LogP contribution in [0.2, 0.25) is 0 Å². The number of hydrogen-bond acceptors (Lipinski definition) is 8. The Kier molecular flexibility index (Phi) is 10.4. The molecule has 208 valence electrons. The van der Waals surface area contributed by atoms with Crippen LogP contribution in [0.1, 0.15) is 69.3 Å². The fourth-order valence-electron chi connectivity index (χ4n) is 4.82. The zero-order chi connectivity index (χ0) is 27.8. The van der Waals surface area contributed by atoms with Gasteiger partial charge in [0, 0.05) is 19.0 Å². The lowest BCUT2D eigenvalue weighted by molar-refractivity contribution is -0.158. The fraction of sp³-hybridized carbons (Fsp3) is 0.571. The number of fused-ring (bicyclic) bond motifs is 3. The van der Waals surface area contributed by atoms with E-state index in [0.717, 1.165) is 5.57 Å². The minimum atomic E-state index is -0.897. The fourth-order valence-corrected chi connectivity index (χ4v) is 4.82. The lowest BCUT2D eigenvalue weighted by Gasteiger charge is -2.29. The third-order valence-corrected chi connectivity index (χ3v) is 6.83. The van der Waals surface area contributed by atoms with Crippen LogP contribution in [-0.4, -0.2) is 75.8 Å². The molecule has 2 amide bonds. The number of cyclic esters (lactones) is 1. The summed E-state index contributed by atoms with van der Waals surface area (Å²) >= 11 is 0. The van der Waals surface area contributed by atoms with Crippen LogP contribution >= 0.6 is 0 Å². The Bertz CT molecular complexity index is 1070. The number of aliphatic hydroxyl groups excluding tert-OH is 2. The van der Waals surface area contributed by atoms with Crippen molar-refractivity contribution < 1.29 is 33.8 Å². The predicted molar refractivity (Wildman–Crippen MR) is 140 cm³/mol. The van der Waals surface area contributed by atoms with E-state index in [1.54, 1.807) is 24.3 Å². The second-order valence-electron chi connectivity index (χ2n) is 10.3. The Morgan fingerprint density at radius 2 is 2.00 bits per heavy atom. The molecule has 1 aromatic rings. The first-order valence-electron chi connectivity index (χ1n) is 13.2. The van der Waals surface area contributed by atoms with Crippen LogP contribution in [0, 0.1) is 11.8 Å². The SMILES string of the molecule is CC1=C/[C@@H](O)CC(CO)c2nc(co2)C(=O)N2CCC[C@@H]2C(=O)O[C@H](C(C)C)[C@H](C)/C=C\C(=O)NC/C=C\1. The van der Waals surface area contributed by atoms with E-state index in [4.69, 9.17) is 9.15 Å². The third kappa shape index (κ3) is 7.64. The molecule has 0 spiro atoms. The van der Waals surface area contributed by atoms with Crippen LogP contribution in [0.25, 0.3) is 0 Å². The number of aromatic nitrogens is 1. The van der Waals surface area contributed by atoms with Crippen molar-refractivity contribution in [2.45, 2.75) is 71.1 Å². The Hall–Kier alpha value is -3.24. The average molecular weight is 530 g/mol. The number of nitrogens with one attached hydrogen (secondary N) is 1. The normalized spacial score (nSPS) is 31.3. The number of hydrogen-bond donors (Lipinski definition) is 3. The van der Waals surface area contributed by atoms with Crippen molar-refractivity contribution in [1.82, 2.24) is 15.2 Å². The highest BCUT2D eigenvalue weighted by atomic mass is 16.5. The second kappa shape index (κ2) is 13.5. The van der Waals surface area contributed by atoms with Gasteiger partial charge in [-0.05, 0) is 38.2 Å². The van der Waals surface area contributed by atoms with Crippen molar-refractivity contribution in [1.29, 1.82) is 0 Å². The van der Waals surface area contributed by atoms with E-state index in [0.29, 0.717) is 25.9 Å². The Morgan fingerprint density at radius 1 is 1.24 bits per heavy atom. The first-order valence-corrected chi connectivity index (χ1v) is 13.2. The van der Waals surface area contributed by atoms with Gasteiger partial charge in [0.15, 0.2) is 11.6 Å². The van der Waals surface area contributed by atoms with Gasteiger partial charge in [0.1, 0.15) is 18.4 Å². The number of carbonyl (C=O) groups excluding carboxylic acids is 3. The van der Waals surface area contributed by atoms with Gasteiger partial charge >= 0.3 is 5.97 Å². The molecule has 0 aliphatic carbocycles. The maximum atomic E-state index is 13.3.